The first-order chi connectivity index (χ1) is 17.4. The predicted molar refractivity (Wildman–Crippen MR) is 154 cm³/mol. The number of benzene rings is 4. The van der Waals surface area contributed by atoms with Gasteiger partial charge < -0.3 is 9.47 Å². The normalized spacial score (nSPS) is 14.2. The van der Waals surface area contributed by atoms with Gasteiger partial charge in [-0.25, -0.2) is 0 Å². The van der Waals surface area contributed by atoms with Crippen molar-refractivity contribution in [2.45, 2.75) is 72.0 Å². The predicted octanol–water partition coefficient (Wildman–Crippen LogP) is 9.02. The van der Waals surface area contributed by atoms with E-state index in [9.17, 15) is 0 Å². The molecule has 1 aliphatic carbocycles. The quantitative estimate of drug-likeness (QED) is 0.250. The van der Waals surface area contributed by atoms with Gasteiger partial charge in [-0.1, -0.05) is 72.8 Å². The SMILES string of the molecule is Cc1cc(C2(c3ccc(OC(C)(C)C)c(C)c3)c3ccccc3-c3ccccc32)ccc1OC(C)(C)C. The third kappa shape index (κ3) is 4.44. The highest BCUT2D eigenvalue weighted by molar-refractivity contribution is 5.86. The fourth-order valence-electron chi connectivity index (χ4n) is 5.68. The summed E-state index contributed by atoms with van der Waals surface area (Å²) in [5, 5.41) is 0. The largest absolute Gasteiger partial charge is 0.488 e. The molecule has 0 saturated heterocycles. The molecular weight excluding hydrogens is 452 g/mol. The Labute approximate surface area is 222 Å². The monoisotopic (exact) mass is 490 g/mol. The van der Waals surface area contributed by atoms with Crippen molar-refractivity contribution in [3.63, 3.8) is 0 Å². The van der Waals surface area contributed by atoms with Crippen LogP contribution in [0.1, 0.15) is 74.9 Å². The van der Waals surface area contributed by atoms with Crippen LogP contribution in [0.3, 0.4) is 0 Å². The molecule has 0 atom stereocenters. The van der Waals surface area contributed by atoms with Crippen molar-refractivity contribution in [2.75, 3.05) is 0 Å². The zero-order valence-electron chi connectivity index (χ0n) is 23.4. The Morgan fingerprint density at radius 3 is 1.24 bits per heavy atom. The number of hydrogen-bond acceptors (Lipinski definition) is 2. The van der Waals surface area contributed by atoms with E-state index in [1.165, 1.54) is 33.4 Å². The van der Waals surface area contributed by atoms with Gasteiger partial charge in [-0.2, -0.15) is 0 Å². The summed E-state index contributed by atoms with van der Waals surface area (Å²) in [4.78, 5) is 0. The smallest absolute Gasteiger partial charge is 0.123 e. The summed E-state index contributed by atoms with van der Waals surface area (Å²) < 4.78 is 12.6. The highest BCUT2D eigenvalue weighted by Crippen LogP contribution is 2.56. The van der Waals surface area contributed by atoms with Crippen molar-refractivity contribution < 1.29 is 9.47 Å². The van der Waals surface area contributed by atoms with E-state index in [1.54, 1.807) is 0 Å². The summed E-state index contributed by atoms with van der Waals surface area (Å²) in [7, 11) is 0. The van der Waals surface area contributed by atoms with Crippen molar-refractivity contribution in [1.29, 1.82) is 0 Å². The molecular formula is C35H38O2. The highest BCUT2D eigenvalue weighted by Gasteiger charge is 2.46. The van der Waals surface area contributed by atoms with E-state index in [0.29, 0.717) is 0 Å². The molecule has 5 rings (SSSR count). The standard InChI is InChI=1S/C35H38O2/c1-23-21-25(17-19-31(23)36-33(3,4)5)35(26-18-20-32(24(2)22-26)37-34(6,7)8)29-15-11-9-13-27(29)28-14-10-12-16-30(28)35/h9-22H,1-8H3. The van der Waals surface area contributed by atoms with Crippen LogP contribution in [0.25, 0.3) is 11.1 Å². The average molecular weight is 491 g/mol. The van der Waals surface area contributed by atoms with Gasteiger partial charge in [0, 0.05) is 0 Å². The molecule has 0 saturated carbocycles. The van der Waals surface area contributed by atoms with Gasteiger partial charge in [-0.05, 0) is 112 Å². The lowest BCUT2D eigenvalue weighted by Crippen LogP contribution is -2.29. The minimum atomic E-state index is -0.441. The Morgan fingerprint density at radius 1 is 0.514 bits per heavy atom. The van der Waals surface area contributed by atoms with Crippen LogP contribution in [-0.2, 0) is 5.41 Å². The van der Waals surface area contributed by atoms with Crippen LogP contribution in [0.5, 0.6) is 11.5 Å². The summed E-state index contributed by atoms with van der Waals surface area (Å²) in [6, 6.07) is 31.1. The molecule has 1 aliphatic rings. The van der Waals surface area contributed by atoms with Gasteiger partial charge in [0.2, 0.25) is 0 Å². The molecule has 190 valence electrons. The molecule has 0 N–H and O–H groups in total. The van der Waals surface area contributed by atoms with Gasteiger partial charge in [0.15, 0.2) is 0 Å². The lowest BCUT2D eigenvalue weighted by atomic mass is 9.67. The number of hydrogen-bond donors (Lipinski definition) is 0. The Morgan fingerprint density at radius 2 is 0.892 bits per heavy atom. The first kappa shape index (κ1) is 25.1. The summed E-state index contributed by atoms with van der Waals surface area (Å²) in [6.07, 6.45) is 0. The Bertz CT molecular complexity index is 1350. The Hall–Kier alpha value is -3.52. The van der Waals surface area contributed by atoms with E-state index < -0.39 is 5.41 Å². The second-order valence-electron chi connectivity index (χ2n) is 12.2. The van der Waals surface area contributed by atoms with Crippen LogP contribution >= 0.6 is 0 Å². The van der Waals surface area contributed by atoms with Gasteiger partial charge in [0.25, 0.3) is 0 Å². The maximum Gasteiger partial charge on any atom is 0.123 e. The minimum absolute atomic E-state index is 0.253. The average Bonchev–Trinajstić information content (AvgIpc) is 3.12. The summed E-state index contributed by atoms with van der Waals surface area (Å²) in [5.41, 5.74) is 9.01. The molecule has 0 spiro atoms. The van der Waals surface area contributed by atoms with Gasteiger partial charge in [-0.3, -0.25) is 0 Å². The van der Waals surface area contributed by atoms with Crippen LogP contribution in [0.15, 0.2) is 84.9 Å². The zero-order chi connectivity index (χ0) is 26.6. The van der Waals surface area contributed by atoms with Crippen LogP contribution < -0.4 is 9.47 Å². The lowest BCUT2D eigenvalue weighted by Gasteiger charge is -2.35. The van der Waals surface area contributed by atoms with Gasteiger partial charge in [-0.15, -0.1) is 0 Å². The number of ether oxygens (including phenoxy) is 2. The second-order valence-corrected chi connectivity index (χ2v) is 12.2. The Balaban J connectivity index is 1.79. The number of fused-ring (bicyclic) bond motifs is 3. The molecule has 37 heavy (non-hydrogen) atoms. The van der Waals surface area contributed by atoms with Crippen molar-refractivity contribution in [2.24, 2.45) is 0 Å². The van der Waals surface area contributed by atoms with E-state index in [2.05, 4.69) is 140 Å². The third-order valence-corrected chi connectivity index (χ3v) is 7.00. The Kier molecular flexibility index (Phi) is 5.98. The summed E-state index contributed by atoms with van der Waals surface area (Å²) in [6.45, 7) is 16.9. The molecule has 2 nitrogen and oxygen atoms in total. The van der Waals surface area contributed by atoms with Crippen molar-refractivity contribution in [3.05, 3.63) is 118 Å². The van der Waals surface area contributed by atoms with Crippen molar-refractivity contribution in [1.82, 2.24) is 0 Å². The number of aryl methyl sites for hydroxylation is 2. The first-order valence-corrected chi connectivity index (χ1v) is 13.2. The number of rotatable bonds is 4. The summed E-state index contributed by atoms with van der Waals surface area (Å²) in [5.74, 6) is 1.85. The fourth-order valence-corrected chi connectivity index (χ4v) is 5.68. The van der Waals surface area contributed by atoms with Crippen molar-refractivity contribution >= 4 is 0 Å². The van der Waals surface area contributed by atoms with Crippen LogP contribution in [0.2, 0.25) is 0 Å². The van der Waals surface area contributed by atoms with E-state index in [0.717, 1.165) is 22.6 Å². The maximum atomic E-state index is 6.29. The van der Waals surface area contributed by atoms with Gasteiger partial charge in [0.05, 0.1) is 5.41 Å². The summed E-state index contributed by atoms with van der Waals surface area (Å²) >= 11 is 0. The molecule has 0 aliphatic heterocycles. The molecule has 0 unspecified atom stereocenters. The molecule has 0 radical (unpaired) electrons. The molecule has 4 aromatic rings. The van der Waals surface area contributed by atoms with E-state index in [4.69, 9.17) is 9.47 Å². The van der Waals surface area contributed by atoms with Crippen molar-refractivity contribution in [3.8, 4) is 22.6 Å². The van der Waals surface area contributed by atoms with E-state index in [-0.39, 0.29) is 11.2 Å². The van der Waals surface area contributed by atoms with Gasteiger partial charge >= 0.3 is 0 Å². The maximum absolute atomic E-state index is 6.29. The zero-order valence-corrected chi connectivity index (χ0v) is 23.4. The molecule has 0 aromatic heterocycles. The lowest BCUT2D eigenvalue weighted by molar-refractivity contribution is 0.129. The highest BCUT2D eigenvalue weighted by atomic mass is 16.5. The molecule has 2 heteroatoms. The topological polar surface area (TPSA) is 18.5 Å². The molecule has 0 amide bonds. The molecule has 0 fully saturated rings. The van der Waals surface area contributed by atoms with E-state index >= 15 is 0 Å². The molecule has 4 aromatic carbocycles. The van der Waals surface area contributed by atoms with Gasteiger partial charge in [0.1, 0.15) is 22.7 Å². The molecule has 0 bridgehead atoms. The first-order valence-electron chi connectivity index (χ1n) is 13.2. The fraction of sp³-hybridized carbons (Fsp3) is 0.314. The third-order valence-electron chi connectivity index (χ3n) is 7.00. The van der Waals surface area contributed by atoms with Crippen LogP contribution in [0, 0.1) is 13.8 Å². The van der Waals surface area contributed by atoms with Crippen LogP contribution in [-0.4, -0.2) is 11.2 Å². The van der Waals surface area contributed by atoms with Crippen LogP contribution in [0.4, 0.5) is 0 Å². The van der Waals surface area contributed by atoms with E-state index in [1.807, 2.05) is 0 Å². The second kappa shape index (κ2) is 8.80. The minimum Gasteiger partial charge on any atom is -0.488 e. The molecule has 0 heterocycles.